The maximum atomic E-state index is 10.7. The van der Waals surface area contributed by atoms with E-state index in [1.54, 1.807) is 23.0 Å². The zero-order valence-corrected chi connectivity index (χ0v) is 9.59. The maximum absolute atomic E-state index is 10.7. The fraction of sp³-hybridized carbons (Fsp3) is 0.364. The van der Waals surface area contributed by atoms with Gasteiger partial charge in [-0.25, -0.2) is 0 Å². The molecule has 90 valence electrons. The van der Waals surface area contributed by atoms with E-state index in [0.717, 1.165) is 30.4 Å². The number of nitro groups is 1. The molecule has 1 N–H and O–H groups in total. The molecule has 0 bridgehead atoms. The number of aromatic nitrogens is 2. The Labute approximate surface area is 98.4 Å². The van der Waals surface area contributed by atoms with Crippen LogP contribution in [-0.2, 0) is 6.54 Å². The second kappa shape index (κ2) is 4.92. The monoisotopic (exact) mass is 234 g/mol. The highest BCUT2D eigenvalue weighted by atomic mass is 16.6. The van der Waals surface area contributed by atoms with Crippen LogP contribution in [-0.4, -0.2) is 28.3 Å². The van der Waals surface area contributed by atoms with Gasteiger partial charge in [-0.2, -0.15) is 5.10 Å². The summed E-state index contributed by atoms with van der Waals surface area (Å²) in [6.45, 7) is 1.65. The maximum Gasteiger partial charge on any atom is 0.271 e. The molecule has 0 radical (unpaired) electrons. The Hall–Kier alpha value is -1.95. The number of hydrogen-bond acceptors (Lipinski definition) is 4. The Morgan fingerprint density at radius 3 is 3.06 bits per heavy atom. The summed E-state index contributed by atoms with van der Waals surface area (Å²) < 4.78 is 1.81. The number of nitrogens with one attached hydrogen (secondary N) is 1. The van der Waals surface area contributed by atoms with Crippen molar-refractivity contribution in [3.8, 4) is 0 Å². The van der Waals surface area contributed by atoms with Crippen LogP contribution in [0.25, 0.3) is 10.9 Å². The van der Waals surface area contributed by atoms with Crippen molar-refractivity contribution in [2.75, 3.05) is 13.6 Å². The van der Waals surface area contributed by atoms with Crippen LogP contribution in [0.5, 0.6) is 0 Å². The summed E-state index contributed by atoms with van der Waals surface area (Å²) in [7, 11) is 1.89. The summed E-state index contributed by atoms with van der Waals surface area (Å²) in [5.74, 6) is 0. The Balaban J connectivity index is 2.30. The Bertz CT molecular complexity index is 535. The molecular weight excluding hydrogens is 220 g/mol. The van der Waals surface area contributed by atoms with Crippen molar-refractivity contribution in [3.63, 3.8) is 0 Å². The van der Waals surface area contributed by atoms with Crippen molar-refractivity contribution < 1.29 is 4.92 Å². The van der Waals surface area contributed by atoms with Crippen LogP contribution in [0.1, 0.15) is 6.42 Å². The van der Waals surface area contributed by atoms with Gasteiger partial charge in [0.1, 0.15) is 0 Å². The van der Waals surface area contributed by atoms with Crippen LogP contribution in [0.2, 0.25) is 0 Å². The molecule has 0 saturated carbocycles. The molecule has 0 amide bonds. The van der Waals surface area contributed by atoms with Gasteiger partial charge in [-0.05, 0) is 26.1 Å². The first-order chi connectivity index (χ1) is 8.22. The number of hydrogen-bond donors (Lipinski definition) is 1. The van der Waals surface area contributed by atoms with Gasteiger partial charge in [-0.3, -0.25) is 14.8 Å². The number of rotatable bonds is 5. The average Bonchev–Trinajstić information content (AvgIpc) is 2.72. The van der Waals surface area contributed by atoms with E-state index in [1.165, 1.54) is 6.07 Å². The van der Waals surface area contributed by atoms with Gasteiger partial charge in [0.05, 0.1) is 16.6 Å². The highest BCUT2D eigenvalue weighted by Gasteiger charge is 2.09. The van der Waals surface area contributed by atoms with Gasteiger partial charge >= 0.3 is 0 Å². The van der Waals surface area contributed by atoms with Crippen LogP contribution in [0, 0.1) is 10.1 Å². The lowest BCUT2D eigenvalue weighted by molar-refractivity contribution is -0.384. The highest BCUT2D eigenvalue weighted by Crippen LogP contribution is 2.20. The fourth-order valence-electron chi connectivity index (χ4n) is 1.76. The van der Waals surface area contributed by atoms with Gasteiger partial charge in [-0.15, -0.1) is 0 Å². The van der Waals surface area contributed by atoms with Gasteiger partial charge < -0.3 is 5.32 Å². The van der Waals surface area contributed by atoms with E-state index >= 15 is 0 Å². The van der Waals surface area contributed by atoms with Crippen molar-refractivity contribution in [1.29, 1.82) is 0 Å². The summed E-state index contributed by atoms with van der Waals surface area (Å²) >= 11 is 0. The number of non-ortho nitro benzene ring substituents is 1. The molecule has 0 aliphatic heterocycles. The van der Waals surface area contributed by atoms with E-state index in [1.807, 2.05) is 7.05 Å². The molecule has 0 aliphatic carbocycles. The molecule has 6 heteroatoms. The molecule has 0 aliphatic rings. The molecule has 0 saturated heterocycles. The molecule has 6 nitrogen and oxygen atoms in total. The zero-order chi connectivity index (χ0) is 12.3. The second-order valence-corrected chi connectivity index (χ2v) is 3.83. The van der Waals surface area contributed by atoms with Crippen LogP contribution in [0.3, 0.4) is 0 Å². The van der Waals surface area contributed by atoms with Crippen molar-refractivity contribution in [1.82, 2.24) is 15.1 Å². The van der Waals surface area contributed by atoms with Crippen molar-refractivity contribution >= 4 is 16.6 Å². The fourth-order valence-corrected chi connectivity index (χ4v) is 1.76. The molecule has 0 fully saturated rings. The van der Waals surface area contributed by atoms with Crippen LogP contribution in [0.15, 0.2) is 24.4 Å². The predicted octanol–water partition coefficient (Wildman–Crippen LogP) is 1.55. The van der Waals surface area contributed by atoms with E-state index in [4.69, 9.17) is 0 Å². The van der Waals surface area contributed by atoms with Gasteiger partial charge in [0.15, 0.2) is 0 Å². The Morgan fingerprint density at radius 1 is 1.53 bits per heavy atom. The van der Waals surface area contributed by atoms with Gasteiger partial charge in [0, 0.05) is 24.1 Å². The zero-order valence-electron chi connectivity index (χ0n) is 9.59. The Morgan fingerprint density at radius 2 is 2.35 bits per heavy atom. The first-order valence-corrected chi connectivity index (χ1v) is 5.47. The molecule has 1 aromatic carbocycles. The van der Waals surface area contributed by atoms with Gasteiger partial charge in [0.2, 0.25) is 0 Å². The quantitative estimate of drug-likeness (QED) is 0.484. The molecule has 17 heavy (non-hydrogen) atoms. The molecule has 0 spiro atoms. The lowest BCUT2D eigenvalue weighted by Gasteiger charge is -2.02. The van der Waals surface area contributed by atoms with Crippen LogP contribution < -0.4 is 5.32 Å². The van der Waals surface area contributed by atoms with E-state index in [0.29, 0.717) is 0 Å². The molecule has 2 rings (SSSR count). The van der Waals surface area contributed by atoms with Crippen LogP contribution in [0.4, 0.5) is 5.69 Å². The minimum absolute atomic E-state index is 0.105. The first kappa shape index (κ1) is 11.5. The topological polar surface area (TPSA) is 73.0 Å². The largest absolute Gasteiger partial charge is 0.320 e. The standard InChI is InChI=1S/C11H14N4O2/c1-12-5-2-6-14-11-7-10(15(16)17)4-3-9(11)8-13-14/h3-4,7-8,12H,2,5-6H2,1H3. The third kappa shape index (κ3) is 2.42. The Kier molecular flexibility index (Phi) is 3.34. The summed E-state index contributed by atoms with van der Waals surface area (Å²) in [6, 6.07) is 4.80. The number of aryl methyl sites for hydroxylation is 1. The van der Waals surface area contributed by atoms with E-state index in [9.17, 15) is 10.1 Å². The normalized spacial score (nSPS) is 10.9. The summed E-state index contributed by atoms with van der Waals surface area (Å²) in [5, 5.41) is 18.9. The second-order valence-electron chi connectivity index (χ2n) is 3.83. The van der Waals surface area contributed by atoms with E-state index < -0.39 is 0 Å². The van der Waals surface area contributed by atoms with E-state index in [-0.39, 0.29) is 10.6 Å². The molecule has 2 aromatic rings. The molecule has 1 heterocycles. The molecular formula is C11H14N4O2. The van der Waals surface area contributed by atoms with Gasteiger partial charge in [-0.1, -0.05) is 0 Å². The molecule has 0 unspecified atom stereocenters. The highest BCUT2D eigenvalue weighted by molar-refractivity contribution is 5.80. The minimum Gasteiger partial charge on any atom is -0.320 e. The SMILES string of the molecule is CNCCCn1ncc2ccc([N+](=O)[O-])cc21. The van der Waals surface area contributed by atoms with Crippen LogP contribution >= 0.6 is 0 Å². The number of fused-ring (bicyclic) bond motifs is 1. The lowest BCUT2D eigenvalue weighted by atomic mass is 10.2. The smallest absolute Gasteiger partial charge is 0.271 e. The lowest BCUT2D eigenvalue weighted by Crippen LogP contribution is -2.11. The van der Waals surface area contributed by atoms with Gasteiger partial charge in [0.25, 0.3) is 5.69 Å². The third-order valence-electron chi connectivity index (χ3n) is 2.64. The van der Waals surface area contributed by atoms with E-state index in [2.05, 4.69) is 10.4 Å². The van der Waals surface area contributed by atoms with Crippen molar-refractivity contribution in [2.24, 2.45) is 0 Å². The summed E-state index contributed by atoms with van der Waals surface area (Å²) in [4.78, 5) is 10.3. The van der Waals surface area contributed by atoms with Crippen molar-refractivity contribution in [3.05, 3.63) is 34.5 Å². The number of benzene rings is 1. The third-order valence-corrected chi connectivity index (χ3v) is 2.64. The number of nitro benzene ring substituents is 1. The molecule has 0 atom stereocenters. The predicted molar refractivity (Wildman–Crippen MR) is 64.9 cm³/mol. The number of nitrogens with zero attached hydrogens (tertiary/aromatic N) is 3. The van der Waals surface area contributed by atoms with Crippen molar-refractivity contribution in [2.45, 2.75) is 13.0 Å². The minimum atomic E-state index is -0.385. The molecule has 1 aromatic heterocycles. The average molecular weight is 234 g/mol. The summed E-state index contributed by atoms with van der Waals surface area (Å²) in [5.41, 5.74) is 0.920. The first-order valence-electron chi connectivity index (χ1n) is 5.47. The summed E-state index contributed by atoms with van der Waals surface area (Å²) in [6.07, 6.45) is 2.68.